The molecule has 7 heteroatoms. The summed E-state index contributed by atoms with van der Waals surface area (Å²) in [6.45, 7) is 1.32. The van der Waals surface area contributed by atoms with Crippen molar-refractivity contribution in [2.75, 3.05) is 13.6 Å². The standard InChI is InChI=1S/C15H16N2O5/c1-9(15(21)22)16(2)12(18)7-8-17-13(19)10-5-3-4-6-11(10)14(17)20/h3-6,9H,7-8H2,1-2H3,(H,21,22). The first-order valence-electron chi connectivity index (χ1n) is 6.78. The van der Waals surface area contributed by atoms with Crippen molar-refractivity contribution in [2.24, 2.45) is 0 Å². The number of rotatable bonds is 5. The van der Waals surface area contributed by atoms with Gasteiger partial charge in [-0.05, 0) is 19.1 Å². The first-order valence-corrected chi connectivity index (χ1v) is 6.78. The van der Waals surface area contributed by atoms with Gasteiger partial charge in [-0.25, -0.2) is 4.79 Å². The average molecular weight is 304 g/mol. The molecular formula is C15H16N2O5. The molecule has 1 aromatic rings. The van der Waals surface area contributed by atoms with E-state index >= 15 is 0 Å². The van der Waals surface area contributed by atoms with Crippen LogP contribution in [0.25, 0.3) is 0 Å². The second-order valence-electron chi connectivity index (χ2n) is 5.08. The molecule has 0 saturated carbocycles. The highest BCUT2D eigenvalue weighted by atomic mass is 16.4. The lowest BCUT2D eigenvalue weighted by Gasteiger charge is -2.22. The molecule has 1 aliphatic heterocycles. The van der Waals surface area contributed by atoms with Gasteiger partial charge in [-0.3, -0.25) is 19.3 Å². The Bertz CT molecular complexity index is 620. The second kappa shape index (κ2) is 5.97. The number of carbonyl (C=O) groups excluding carboxylic acids is 3. The lowest BCUT2D eigenvalue weighted by atomic mass is 10.1. The van der Waals surface area contributed by atoms with E-state index in [0.717, 1.165) is 9.80 Å². The molecule has 1 unspecified atom stereocenters. The summed E-state index contributed by atoms with van der Waals surface area (Å²) in [4.78, 5) is 49.1. The zero-order valence-electron chi connectivity index (χ0n) is 12.3. The fraction of sp³-hybridized carbons (Fsp3) is 0.333. The Labute approximate surface area is 127 Å². The van der Waals surface area contributed by atoms with Crippen LogP contribution in [0.15, 0.2) is 24.3 Å². The van der Waals surface area contributed by atoms with Gasteiger partial charge in [-0.2, -0.15) is 0 Å². The summed E-state index contributed by atoms with van der Waals surface area (Å²) >= 11 is 0. The van der Waals surface area contributed by atoms with E-state index in [1.165, 1.54) is 14.0 Å². The van der Waals surface area contributed by atoms with E-state index < -0.39 is 29.7 Å². The van der Waals surface area contributed by atoms with Gasteiger partial charge in [0.05, 0.1) is 11.1 Å². The fourth-order valence-corrected chi connectivity index (χ4v) is 2.21. The van der Waals surface area contributed by atoms with Gasteiger partial charge in [-0.1, -0.05) is 12.1 Å². The van der Waals surface area contributed by atoms with Crippen LogP contribution in [0.5, 0.6) is 0 Å². The van der Waals surface area contributed by atoms with Crippen molar-refractivity contribution in [1.29, 1.82) is 0 Å². The predicted molar refractivity (Wildman–Crippen MR) is 76.3 cm³/mol. The summed E-state index contributed by atoms with van der Waals surface area (Å²) in [5.74, 6) is -2.41. The van der Waals surface area contributed by atoms with E-state index in [0.29, 0.717) is 11.1 Å². The lowest BCUT2D eigenvalue weighted by molar-refractivity contribution is -0.148. The molecule has 0 fully saturated rings. The third-order valence-electron chi connectivity index (χ3n) is 3.76. The maximum atomic E-state index is 12.1. The molecule has 7 nitrogen and oxygen atoms in total. The Morgan fingerprint density at radius 3 is 2.14 bits per heavy atom. The van der Waals surface area contributed by atoms with Crippen LogP contribution in [0, 0.1) is 0 Å². The third kappa shape index (κ3) is 2.69. The molecule has 1 aromatic carbocycles. The zero-order valence-corrected chi connectivity index (χ0v) is 12.3. The molecular weight excluding hydrogens is 288 g/mol. The molecule has 1 heterocycles. The molecule has 1 aliphatic rings. The van der Waals surface area contributed by atoms with E-state index in [9.17, 15) is 19.2 Å². The Balaban J connectivity index is 2.02. The summed E-state index contributed by atoms with van der Waals surface area (Å²) in [7, 11) is 1.38. The second-order valence-corrected chi connectivity index (χ2v) is 5.08. The summed E-state index contributed by atoms with van der Waals surface area (Å²) in [6.07, 6.45) is -0.112. The SMILES string of the molecule is CC(C(=O)O)N(C)C(=O)CCN1C(=O)c2ccccc2C1=O. The number of amides is 3. The number of likely N-dealkylation sites (N-methyl/N-ethyl adjacent to an activating group) is 1. The van der Waals surface area contributed by atoms with Crippen LogP contribution in [0.1, 0.15) is 34.1 Å². The summed E-state index contributed by atoms with van der Waals surface area (Å²) in [5.41, 5.74) is 0.652. The topological polar surface area (TPSA) is 95.0 Å². The van der Waals surface area contributed by atoms with Gasteiger partial charge in [0.2, 0.25) is 5.91 Å². The van der Waals surface area contributed by atoms with Gasteiger partial charge < -0.3 is 10.0 Å². The number of hydrogen-bond acceptors (Lipinski definition) is 4. The van der Waals surface area contributed by atoms with Gasteiger partial charge in [0.15, 0.2) is 0 Å². The molecule has 0 aliphatic carbocycles. The first-order chi connectivity index (χ1) is 10.3. The van der Waals surface area contributed by atoms with Crippen LogP contribution in [0.2, 0.25) is 0 Å². The van der Waals surface area contributed by atoms with Gasteiger partial charge in [0, 0.05) is 20.0 Å². The molecule has 0 spiro atoms. The molecule has 0 aromatic heterocycles. The largest absolute Gasteiger partial charge is 0.480 e. The highest BCUT2D eigenvalue weighted by Crippen LogP contribution is 2.22. The highest BCUT2D eigenvalue weighted by molar-refractivity contribution is 6.21. The molecule has 2 rings (SSSR count). The lowest BCUT2D eigenvalue weighted by Crippen LogP contribution is -2.42. The van der Waals surface area contributed by atoms with Crippen LogP contribution >= 0.6 is 0 Å². The number of carbonyl (C=O) groups is 4. The molecule has 1 atom stereocenters. The fourth-order valence-electron chi connectivity index (χ4n) is 2.21. The van der Waals surface area contributed by atoms with Crippen molar-refractivity contribution < 1.29 is 24.3 Å². The minimum Gasteiger partial charge on any atom is -0.480 e. The quantitative estimate of drug-likeness (QED) is 0.804. The van der Waals surface area contributed by atoms with E-state index in [4.69, 9.17) is 5.11 Å². The van der Waals surface area contributed by atoms with E-state index in [-0.39, 0.29) is 13.0 Å². The smallest absolute Gasteiger partial charge is 0.326 e. The van der Waals surface area contributed by atoms with Crippen molar-refractivity contribution in [3.05, 3.63) is 35.4 Å². The predicted octanol–water partition coefficient (Wildman–Crippen LogP) is 0.604. The summed E-state index contributed by atoms with van der Waals surface area (Å²) in [6, 6.07) is 5.50. The normalized spacial score (nSPS) is 14.7. The number of carboxylic acids is 1. The van der Waals surface area contributed by atoms with Gasteiger partial charge in [0.1, 0.15) is 6.04 Å². The third-order valence-corrected chi connectivity index (χ3v) is 3.76. The number of hydrogen-bond donors (Lipinski definition) is 1. The Hall–Kier alpha value is -2.70. The van der Waals surface area contributed by atoms with Crippen LogP contribution in [0.3, 0.4) is 0 Å². The van der Waals surface area contributed by atoms with Crippen molar-refractivity contribution in [2.45, 2.75) is 19.4 Å². The summed E-state index contributed by atoms with van der Waals surface area (Å²) in [5, 5.41) is 8.87. The minimum atomic E-state index is -1.11. The van der Waals surface area contributed by atoms with Crippen molar-refractivity contribution in [3.63, 3.8) is 0 Å². The molecule has 0 bridgehead atoms. The molecule has 0 radical (unpaired) electrons. The van der Waals surface area contributed by atoms with Crippen molar-refractivity contribution >= 4 is 23.7 Å². The highest BCUT2D eigenvalue weighted by Gasteiger charge is 2.35. The van der Waals surface area contributed by atoms with Crippen LogP contribution < -0.4 is 0 Å². The Morgan fingerprint density at radius 1 is 1.18 bits per heavy atom. The van der Waals surface area contributed by atoms with E-state index in [2.05, 4.69) is 0 Å². The van der Waals surface area contributed by atoms with Gasteiger partial charge in [-0.15, -0.1) is 0 Å². The minimum absolute atomic E-state index is 0.0676. The molecule has 22 heavy (non-hydrogen) atoms. The van der Waals surface area contributed by atoms with Gasteiger partial charge >= 0.3 is 5.97 Å². The first kappa shape index (κ1) is 15.7. The van der Waals surface area contributed by atoms with E-state index in [1.807, 2.05) is 0 Å². The Morgan fingerprint density at radius 2 is 1.68 bits per heavy atom. The molecule has 3 amide bonds. The van der Waals surface area contributed by atoms with Crippen LogP contribution in [0.4, 0.5) is 0 Å². The number of imide groups is 1. The molecule has 1 N–H and O–H groups in total. The number of carboxylic acid groups (broad SMARTS) is 1. The molecule has 116 valence electrons. The Kier molecular flexibility index (Phi) is 4.25. The number of aliphatic carboxylic acids is 1. The number of fused-ring (bicyclic) bond motifs is 1. The number of benzene rings is 1. The number of nitrogens with zero attached hydrogens (tertiary/aromatic N) is 2. The monoisotopic (exact) mass is 304 g/mol. The van der Waals surface area contributed by atoms with Crippen LogP contribution in [-0.2, 0) is 9.59 Å². The summed E-state index contributed by atoms with van der Waals surface area (Å²) < 4.78 is 0. The van der Waals surface area contributed by atoms with E-state index in [1.54, 1.807) is 24.3 Å². The van der Waals surface area contributed by atoms with Crippen LogP contribution in [-0.4, -0.2) is 58.2 Å². The maximum absolute atomic E-state index is 12.1. The zero-order chi connectivity index (χ0) is 16.4. The van der Waals surface area contributed by atoms with Crippen molar-refractivity contribution in [1.82, 2.24) is 9.80 Å². The van der Waals surface area contributed by atoms with Gasteiger partial charge in [0.25, 0.3) is 11.8 Å². The molecule has 0 saturated heterocycles. The average Bonchev–Trinajstić information content (AvgIpc) is 2.75. The van der Waals surface area contributed by atoms with Crippen molar-refractivity contribution in [3.8, 4) is 0 Å². The maximum Gasteiger partial charge on any atom is 0.326 e.